The Labute approximate surface area is 160 Å². The Kier molecular flexibility index (Phi) is 5.66. The smallest absolute Gasteiger partial charge is 0.272 e. The van der Waals surface area contributed by atoms with Gasteiger partial charge in [-0.1, -0.05) is 6.07 Å². The fraction of sp³-hybridized carbons (Fsp3) is 0.211. The first-order valence-electron chi connectivity index (χ1n) is 8.48. The molecule has 0 saturated heterocycles. The van der Waals surface area contributed by atoms with Gasteiger partial charge in [-0.2, -0.15) is 5.10 Å². The van der Waals surface area contributed by atoms with E-state index in [2.05, 4.69) is 15.7 Å². The van der Waals surface area contributed by atoms with E-state index in [4.69, 9.17) is 0 Å². The van der Waals surface area contributed by atoms with E-state index in [1.807, 2.05) is 24.4 Å². The van der Waals surface area contributed by atoms with Crippen molar-refractivity contribution in [3.63, 3.8) is 0 Å². The zero-order valence-corrected chi connectivity index (χ0v) is 15.7. The molecule has 3 aromatic rings. The Hall–Kier alpha value is -3.00. The van der Waals surface area contributed by atoms with Gasteiger partial charge in [0.1, 0.15) is 11.9 Å². The standard InChI is InChI=1S/C19H19FN4O2S/c1-3-21-18(25)12(2)22-19(26)15-11-16(17-5-4-10-27-17)24(23-15)14-8-6-13(20)7-9-14/h4-12H,3H2,1-2H3,(H,21,25)(H,22,26). The van der Waals surface area contributed by atoms with E-state index in [0.29, 0.717) is 17.9 Å². The van der Waals surface area contributed by atoms with Crippen LogP contribution in [0.15, 0.2) is 47.8 Å². The summed E-state index contributed by atoms with van der Waals surface area (Å²) < 4.78 is 14.9. The van der Waals surface area contributed by atoms with Crippen molar-refractivity contribution in [3.05, 3.63) is 59.4 Å². The van der Waals surface area contributed by atoms with Crippen molar-refractivity contribution in [3.8, 4) is 16.3 Å². The summed E-state index contributed by atoms with van der Waals surface area (Å²) in [5.41, 5.74) is 1.53. The van der Waals surface area contributed by atoms with Crippen LogP contribution >= 0.6 is 11.3 Å². The Morgan fingerprint density at radius 2 is 2.00 bits per heavy atom. The summed E-state index contributed by atoms with van der Waals surface area (Å²) in [7, 11) is 0. The number of hydrogen-bond donors (Lipinski definition) is 2. The molecular formula is C19H19FN4O2S. The number of halogens is 1. The SMILES string of the molecule is CCNC(=O)C(C)NC(=O)c1cc(-c2cccs2)n(-c2ccc(F)cc2)n1. The third-order valence-electron chi connectivity index (χ3n) is 3.88. The van der Waals surface area contributed by atoms with Crippen LogP contribution in [0, 0.1) is 5.82 Å². The minimum absolute atomic E-state index is 0.180. The highest BCUT2D eigenvalue weighted by Gasteiger charge is 2.21. The van der Waals surface area contributed by atoms with Crippen LogP contribution in [0.5, 0.6) is 0 Å². The van der Waals surface area contributed by atoms with Gasteiger partial charge in [-0.25, -0.2) is 9.07 Å². The molecular weight excluding hydrogens is 367 g/mol. The maximum absolute atomic E-state index is 13.3. The van der Waals surface area contributed by atoms with Crippen LogP contribution in [-0.2, 0) is 4.79 Å². The highest BCUT2D eigenvalue weighted by Crippen LogP contribution is 2.28. The second-order valence-electron chi connectivity index (χ2n) is 5.87. The number of nitrogens with zero attached hydrogens (tertiary/aromatic N) is 2. The molecule has 0 aliphatic carbocycles. The number of benzene rings is 1. The van der Waals surface area contributed by atoms with Crippen LogP contribution in [0.3, 0.4) is 0 Å². The summed E-state index contributed by atoms with van der Waals surface area (Å²) in [5, 5.41) is 11.6. The topological polar surface area (TPSA) is 76.0 Å². The minimum Gasteiger partial charge on any atom is -0.355 e. The van der Waals surface area contributed by atoms with Gasteiger partial charge < -0.3 is 10.6 Å². The number of thiophene rings is 1. The third kappa shape index (κ3) is 4.22. The van der Waals surface area contributed by atoms with Crippen molar-refractivity contribution in [1.82, 2.24) is 20.4 Å². The van der Waals surface area contributed by atoms with Gasteiger partial charge in [-0.3, -0.25) is 9.59 Å². The van der Waals surface area contributed by atoms with Crippen molar-refractivity contribution < 1.29 is 14.0 Å². The van der Waals surface area contributed by atoms with E-state index in [0.717, 1.165) is 4.88 Å². The Morgan fingerprint density at radius 1 is 1.26 bits per heavy atom. The summed E-state index contributed by atoms with van der Waals surface area (Å²) in [5.74, 6) is -1.06. The molecule has 0 bridgehead atoms. The predicted octanol–water partition coefficient (Wildman–Crippen LogP) is 2.99. The lowest BCUT2D eigenvalue weighted by Crippen LogP contribution is -2.44. The Bertz CT molecular complexity index is 935. The predicted molar refractivity (Wildman–Crippen MR) is 102 cm³/mol. The van der Waals surface area contributed by atoms with E-state index in [-0.39, 0.29) is 17.4 Å². The quantitative estimate of drug-likeness (QED) is 0.684. The molecule has 0 fully saturated rings. The molecule has 6 nitrogen and oxygen atoms in total. The van der Waals surface area contributed by atoms with Gasteiger partial charge in [0.25, 0.3) is 5.91 Å². The van der Waals surface area contributed by atoms with Gasteiger partial charge in [0.2, 0.25) is 5.91 Å². The second-order valence-corrected chi connectivity index (χ2v) is 6.82. The average molecular weight is 386 g/mol. The number of hydrogen-bond acceptors (Lipinski definition) is 4. The van der Waals surface area contributed by atoms with E-state index in [1.54, 1.807) is 29.8 Å². The molecule has 140 valence electrons. The van der Waals surface area contributed by atoms with Crippen LogP contribution in [0.1, 0.15) is 24.3 Å². The molecule has 2 amide bonds. The van der Waals surface area contributed by atoms with Crippen molar-refractivity contribution in [2.75, 3.05) is 6.54 Å². The first kappa shape index (κ1) is 18.8. The molecule has 1 atom stereocenters. The first-order valence-corrected chi connectivity index (χ1v) is 9.36. The highest BCUT2D eigenvalue weighted by atomic mass is 32.1. The molecule has 0 spiro atoms. The van der Waals surface area contributed by atoms with Gasteiger partial charge in [0.15, 0.2) is 5.69 Å². The molecule has 8 heteroatoms. The first-order chi connectivity index (χ1) is 13.0. The highest BCUT2D eigenvalue weighted by molar-refractivity contribution is 7.13. The molecule has 2 heterocycles. The fourth-order valence-corrected chi connectivity index (χ4v) is 3.26. The number of likely N-dealkylation sites (N-methyl/N-ethyl adjacent to an activating group) is 1. The van der Waals surface area contributed by atoms with E-state index in [1.165, 1.54) is 23.5 Å². The molecule has 0 saturated carbocycles. The van der Waals surface area contributed by atoms with Gasteiger partial charge in [0, 0.05) is 6.54 Å². The average Bonchev–Trinajstić information content (AvgIpc) is 3.32. The zero-order valence-electron chi connectivity index (χ0n) is 14.9. The summed E-state index contributed by atoms with van der Waals surface area (Å²) in [6.45, 7) is 3.91. The lowest BCUT2D eigenvalue weighted by atomic mass is 10.2. The number of carbonyl (C=O) groups is 2. The van der Waals surface area contributed by atoms with Crippen molar-refractivity contribution >= 4 is 23.2 Å². The van der Waals surface area contributed by atoms with Crippen molar-refractivity contribution in [2.24, 2.45) is 0 Å². The van der Waals surface area contributed by atoms with Crippen LogP contribution < -0.4 is 10.6 Å². The number of aromatic nitrogens is 2. The molecule has 2 N–H and O–H groups in total. The molecule has 0 aliphatic heterocycles. The maximum atomic E-state index is 13.3. The summed E-state index contributed by atoms with van der Waals surface area (Å²) in [6, 6.07) is 10.7. The molecule has 0 radical (unpaired) electrons. The second kappa shape index (κ2) is 8.13. The Balaban J connectivity index is 1.93. The maximum Gasteiger partial charge on any atom is 0.272 e. The van der Waals surface area contributed by atoms with Crippen molar-refractivity contribution in [1.29, 1.82) is 0 Å². The molecule has 27 heavy (non-hydrogen) atoms. The third-order valence-corrected chi connectivity index (χ3v) is 4.77. The van der Waals surface area contributed by atoms with E-state index >= 15 is 0 Å². The van der Waals surface area contributed by atoms with Crippen molar-refractivity contribution in [2.45, 2.75) is 19.9 Å². The number of amides is 2. The lowest BCUT2D eigenvalue weighted by Gasteiger charge is -2.12. The van der Waals surface area contributed by atoms with Crippen LogP contribution in [0.25, 0.3) is 16.3 Å². The molecule has 1 aromatic carbocycles. The van der Waals surface area contributed by atoms with Gasteiger partial charge >= 0.3 is 0 Å². The number of rotatable bonds is 6. The fourth-order valence-electron chi connectivity index (χ4n) is 2.53. The summed E-state index contributed by atoms with van der Waals surface area (Å²) >= 11 is 1.51. The van der Waals surface area contributed by atoms with E-state index in [9.17, 15) is 14.0 Å². The Morgan fingerprint density at radius 3 is 2.63 bits per heavy atom. The van der Waals surface area contributed by atoms with Gasteiger partial charge in [-0.05, 0) is 55.6 Å². The molecule has 1 unspecified atom stereocenters. The molecule has 0 aliphatic rings. The van der Waals surface area contributed by atoms with Crippen LogP contribution in [-0.4, -0.2) is 34.2 Å². The van der Waals surface area contributed by atoms with Crippen LogP contribution in [0.4, 0.5) is 4.39 Å². The normalized spacial score (nSPS) is 11.8. The van der Waals surface area contributed by atoms with Gasteiger partial charge in [0.05, 0.1) is 16.3 Å². The monoisotopic (exact) mass is 386 g/mol. The largest absolute Gasteiger partial charge is 0.355 e. The number of nitrogens with one attached hydrogen (secondary N) is 2. The zero-order chi connectivity index (χ0) is 19.4. The molecule has 2 aromatic heterocycles. The lowest BCUT2D eigenvalue weighted by molar-refractivity contribution is -0.122. The molecule has 3 rings (SSSR count). The van der Waals surface area contributed by atoms with Crippen LogP contribution in [0.2, 0.25) is 0 Å². The summed E-state index contributed by atoms with van der Waals surface area (Å²) in [4.78, 5) is 25.3. The van der Waals surface area contributed by atoms with E-state index < -0.39 is 11.9 Å². The van der Waals surface area contributed by atoms with Gasteiger partial charge in [-0.15, -0.1) is 11.3 Å². The summed E-state index contributed by atoms with van der Waals surface area (Å²) in [6.07, 6.45) is 0. The minimum atomic E-state index is -0.682. The number of carbonyl (C=O) groups excluding carboxylic acids is 2.